The van der Waals surface area contributed by atoms with Crippen LogP contribution in [0.15, 0.2) is 12.1 Å². The highest BCUT2D eigenvalue weighted by Gasteiger charge is 2.31. The van der Waals surface area contributed by atoms with E-state index in [4.69, 9.17) is 5.73 Å². The zero-order valence-corrected chi connectivity index (χ0v) is 6.15. The fourth-order valence-electron chi connectivity index (χ4n) is 0.655. The standard InChI is InChI=1S/C7H4F4NO/c8-5-3-4(1-2-6(5)12)13-7(9,10)11/h1,3H,12H2. The number of hydrogen-bond donors (Lipinski definition) is 1. The molecule has 0 unspecified atom stereocenters. The third-order valence-corrected chi connectivity index (χ3v) is 1.13. The molecule has 0 aliphatic heterocycles. The topological polar surface area (TPSA) is 35.2 Å². The summed E-state index contributed by atoms with van der Waals surface area (Å²) < 4.78 is 50.7. The molecule has 1 radical (unpaired) electrons. The van der Waals surface area contributed by atoms with Gasteiger partial charge in [-0.1, -0.05) is 0 Å². The molecule has 0 fully saturated rings. The van der Waals surface area contributed by atoms with Crippen LogP contribution >= 0.6 is 0 Å². The number of ether oxygens (including phenoxy) is 1. The molecule has 0 spiro atoms. The fraction of sp³-hybridized carbons (Fsp3) is 0.143. The van der Waals surface area contributed by atoms with Gasteiger partial charge in [0.15, 0.2) is 0 Å². The van der Waals surface area contributed by atoms with Gasteiger partial charge in [-0.25, -0.2) is 4.39 Å². The molecule has 1 aromatic carbocycles. The van der Waals surface area contributed by atoms with Gasteiger partial charge in [-0.15, -0.1) is 13.2 Å². The Morgan fingerprint density at radius 3 is 2.46 bits per heavy atom. The van der Waals surface area contributed by atoms with Crippen molar-refractivity contribution in [2.45, 2.75) is 6.36 Å². The highest BCUT2D eigenvalue weighted by atomic mass is 19.4. The Morgan fingerprint density at radius 1 is 1.38 bits per heavy atom. The van der Waals surface area contributed by atoms with Gasteiger partial charge in [-0.3, -0.25) is 0 Å². The first-order valence-electron chi connectivity index (χ1n) is 3.11. The number of anilines is 1. The highest BCUT2D eigenvalue weighted by molar-refractivity contribution is 5.42. The maximum atomic E-state index is 12.6. The molecule has 1 rings (SSSR count). The summed E-state index contributed by atoms with van der Waals surface area (Å²) in [6.45, 7) is 0. The van der Waals surface area contributed by atoms with E-state index in [-0.39, 0.29) is 5.69 Å². The molecule has 1 aromatic rings. The van der Waals surface area contributed by atoms with E-state index in [1.807, 2.05) is 0 Å². The second-order valence-corrected chi connectivity index (χ2v) is 2.14. The van der Waals surface area contributed by atoms with Crippen molar-refractivity contribution in [1.29, 1.82) is 0 Å². The Labute approximate surface area is 70.9 Å². The van der Waals surface area contributed by atoms with Crippen LogP contribution in [0.3, 0.4) is 0 Å². The fourth-order valence-corrected chi connectivity index (χ4v) is 0.655. The maximum absolute atomic E-state index is 12.6. The van der Waals surface area contributed by atoms with Gasteiger partial charge in [-0.2, -0.15) is 0 Å². The molecule has 0 saturated heterocycles. The molecule has 0 bridgehead atoms. The van der Waals surface area contributed by atoms with Gasteiger partial charge < -0.3 is 10.5 Å². The Bertz CT molecular complexity index is 310. The van der Waals surface area contributed by atoms with Crippen molar-refractivity contribution in [2.75, 3.05) is 5.73 Å². The van der Waals surface area contributed by atoms with Crippen molar-refractivity contribution >= 4 is 5.69 Å². The Hall–Kier alpha value is -1.46. The van der Waals surface area contributed by atoms with Gasteiger partial charge in [0.25, 0.3) is 0 Å². The molecule has 6 heteroatoms. The van der Waals surface area contributed by atoms with E-state index >= 15 is 0 Å². The number of hydrogen-bond acceptors (Lipinski definition) is 2. The van der Waals surface area contributed by atoms with Gasteiger partial charge in [0.05, 0.1) is 5.69 Å². The number of rotatable bonds is 1. The Balaban J connectivity index is 2.86. The predicted molar refractivity (Wildman–Crippen MR) is 36.3 cm³/mol. The van der Waals surface area contributed by atoms with E-state index in [0.717, 1.165) is 6.07 Å². The third-order valence-electron chi connectivity index (χ3n) is 1.13. The molecular weight excluding hydrogens is 190 g/mol. The van der Waals surface area contributed by atoms with Crippen molar-refractivity contribution in [3.8, 4) is 5.75 Å². The number of benzene rings is 1. The van der Waals surface area contributed by atoms with Crippen molar-refractivity contribution in [3.63, 3.8) is 0 Å². The summed E-state index contributed by atoms with van der Waals surface area (Å²) in [7, 11) is 0. The maximum Gasteiger partial charge on any atom is 0.573 e. The average Bonchev–Trinajstić information content (AvgIpc) is 1.94. The summed E-state index contributed by atoms with van der Waals surface area (Å²) in [5, 5.41) is 0. The molecule has 0 aromatic heterocycles. The molecule has 2 nitrogen and oxygen atoms in total. The van der Waals surface area contributed by atoms with Crippen LogP contribution in [0.25, 0.3) is 0 Å². The van der Waals surface area contributed by atoms with E-state index in [1.165, 1.54) is 0 Å². The Kier molecular flexibility index (Phi) is 2.31. The SMILES string of the molecule is Nc1[c]cc(OC(F)(F)F)cc1F. The minimum atomic E-state index is -4.84. The first-order valence-corrected chi connectivity index (χ1v) is 3.11. The normalized spacial score (nSPS) is 11.4. The summed E-state index contributed by atoms with van der Waals surface area (Å²) in [5.74, 6) is -1.68. The van der Waals surface area contributed by atoms with E-state index in [9.17, 15) is 17.6 Å². The van der Waals surface area contributed by atoms with Crippen LogP contribution in [-0.4, -0.2) is 6.36 Å². The van der Waals surface area contributed by atoms with Crippen LogP contribution in [0.5, 0.6) is 5.75 Å². The lowest BCUT2D eigenvalue weighted by Crippen LogP contribution is -2.17. The minimum Gasteiger partial charge on any atom is -0.406 e. The number of nitrogens with two attached hydrogens (primary N) is 1. The summed E-state index contributed by atoms with van der Waals surface area (Å²) in [5.41, 5.74) is 4.63. The third kappa shape index (κ3) is 2.81. The number of nitrogen functional groups attached to an aromatic ring is 1. The van der Waals surface area contributed by atoms with Crippen LogP contribution in [0.2, 0.25) is 0 Å². The molecular formula is C7H4F4NO. The lowest BCUT2D eigenvalue weighted by molar-refractivity contribution is -0.274. The van der Waals surface area contributed by atoms with Gasteiger partial charge in [0, 0.05) is 12.1 Å². The molecule has 0 aliphatic carbocycles. The second-order valence-electron chi connectivity index (χ2n) is 2.14. The number of halogens is 4. The van der Waals surface area contributed by atoms with Crippen molar-refractivity contribution < 1.29 is 22.3 Å². The molecule has 0 atom stereocenters. The van der Waals surface area contributed by atoms with Gasteiger partial charge in [-0.05, 0) is 6.07 Å². The summed E-state index contributed by atoms with van der Waals surface area (Å²) in [6, 6.07) is 3.42. The van der Waals surface area contributed by atoms with Crippen LogP contribution in [0.1, 0.15) is 0 Å². The van der Waals surface area contributed by atoms with Gasteiger partial charge in [0.1, 0.15) is 11.6 Å². The summed E-state index contributed by atoms with van der Waals surface area (Å²) in [6.07, 6.45) is -4.84. The smallest absolute Gasteiger partial charge is 0.406 e. The van der Waals surface area contributed by atoms with E-state index in [0.29, 0.717) is 6.07 Å². The summed E-state index contributed by atoms with van der Waals surface area (Å²) >= 11 is 0. The lowest BCUT2D eigenvalue weighted by atomic mass is 10.3. The average molecular weight is 194 g/mol. The van der Waals surface area contributed by atoms with E-state index in [2.05, 4.69) is 10.8 Å². The first kappa shape index (κ1) is 9.63. The summed E-state index contributed by atoms with van der Waals surface area (Å²) in [4.78, 5) is 0. The molecule has 0 heterocycles. The molecule has 0 saturated carbocycles. The second kappa shape index (κ2) is 3.12. The van der Waals surface area contributed by atoms with Crippen molar-refractivity contribution in [1.82, 2.24) is 0 Å². The molecule has 71 valence electrons. The zero-order valence-electron chi connectivity index (χ0n) is 6.15. The van der Waals surface area contributed by atoms with Crippen molar-refractivity contribution in [3.05, 3.63) is 24.0 Å². The van der Waals surface area contributed by atoms with Crippen LogP contribution in [0, 0.1) is 11.9 Å². The predicted octanol–water partition coefficient (Wildman–Crippen LogP) is 2.11. The zero-order chi connectivity index (χ0) is 10.1. The van der Waals surface area contributed by atoms with E-state index < -0.39 is 17.9 Å². The molecule has 0 amide bonds. The minimum absolute atomic E-state index is 0.352. The highest BCUT2D eigenvalue weighted by Crippen LogP contribution is 2.24. The lowest BCUT2D eigenvalue weighted by Gasteiger charge is -2.08. The van der Waals surface area contributed by atoms with Gasteiger partial charge in [0.2, 0.25) is 0 Å². The molecule has 13 heavy (non-hydrogen) atoms. The largest absolute Gasteiger partial charge is 0.573 e. The van der Waals surface area contributed by atoms with Crippen LogP contribution in [0.4, 0.5) is 23.2 Å². The monoisotopic (exact) mass is 194 g/mol. The first-order chi connectivity index (χ1) is 5.88. The molecule has 0 aliphatic rings. The van der Waals surface area contributed by atoms with Crippen molar-refractivity contribution in [2.24, 2.45) is 0 Å². The number of alkyl halides is 3. The quantitative estimate of drug-likeness (QED) is 0.548. The van der Waals surface area contributed by atoms with E-state index in [1.54, 1.807) is 0 Å². The van der Waals surface area contributed by atoms with Crippen LogP contribution in [-0.2, 0) is 0 Å². The Morgan fingerprint density at radius 2 is 2.00 bits per heavy atom. The van der Waals surface area contributed by atoms with Gasteiger partial charge >= 0.3 is 6.36 Å². The van der Waals surface area contributed by atoms with Crippen LogP contribution < -0.4 is 10.5 Å². The molecule has 2 N–H and O–H groups in total.